The van der Waals surface area contributed by atoms with Gasteiger partial charge in [0.1, 0.15) is 17.0 Å². The number of aromatic amines is 1. The minimum atomic E-state index is -0.321. The van der Waals surface area contributed by atoms with Crippen molar-refractivity contribution in [2.24, 2.45) is 5.41 Å². The van der Waals surface area contributed by atoms with Crippen molar-refractivity contribution in [2.45, 2.75) is 33.9 Å². The van der Waals surface area contributed by atoms with Crippen LogP contribution in [0.15, 0.2) is 47.4 Å². The number of nitrogens with two attached hydrogens (primary N) is 1. The second-order valence-corrected chi connectivity index (χ2v) is 9.18. The van der Waals surface area contributed by atoms with Crippen LogP contribution >= 0.6 is 0 Å². The number of nitrogens with one attached hydrogen (secondary N) is 1. The molecule has 0 saturated heterocycles. The lowest BCUT2D eigenvalue weighted by Crippen LogP contribution is -2.25. The molecule has 4 heterocycles. The Morgan fingerprint density at radius 1 is 1.12 bits per heavy atom. The van der Waals surface area contributed by atoms with Gasteiger partial charge >= 0.3 is 5.69 Å². The first kappa shape index (κ1) is 20.8. The Balaban J connectivity index is 1.66. The molecular formula is C23H23FN8O. The molecule has 0 saturated carbocycles. The summed E-state index contributed by atoms with van der Waals surface area (Å²) >= 11 is 0. The van der Waals surface area contributed by atoms with Crippen LogP contribution in [0.25, 0.3) is 33.7 Å². The number of halogens is 1. The summed E-state index contributed by atoms with van der Waals surface area (Å²) in [7, 11) is 0. The van der Waals surface area contributed by atoms with Crippen LogP contribution in [-0.2, 0) is 13.1 Å². The molecule has 0 atom stereocenters. The zero-order valence-electron chi connectivity index (χ0n) is 18.5. The Hall–Kier alpha value is -4.08. The maximum Gasteiger partial charge on any atom is 0.327 e. The molecule has 0 unspecified atom stereocenters. The van der Waals surface area contributed by atoms with Gasteiger partial charge in [0.15, 0.2) is 22.9 Å². The summed E-state index contributed by atoms with van der Waals surface area (Å²) in [4.78, 5) is 28.8. The fourth-order valence-corrected chi connectivity index (χ4v) is 3.90. The van der Waals surface area contributed by atoms with E-state index in [0.29, 0.717) is 40.0 Å². The van der Waals surface area contributed by atoms with Gasteiger partial charge in [-0.25, -0.2) is 28.8 Å². The van der Waals surface area contributed by atoms with E-state index in [1.54, 1.807) is 39.7 Å². The summed E-state index contributed by atoms with van der Waals surface area (Å²) in [6, 6.07) is 10.2. The van der Waals surface area contributed by atoms with Crippen molar-refractivity contribution in [3.05, 3.63) is 64.5 Å². The number of hydrogen-bond donors (Lipinski definition) is 2. The van der Waals surface area contributed by atoms with Gasteiger partial charge in [-0.3, -0.25) is 9.55 Å². The average Bonchev–Trinajstić information content (AvgIpc) is 3.26. The van der Waals surface area contributed by atoms with Crippen molar-refractivity contribution in [1.82, 2.24) is 34.3 Å². The smallest absolute Gasteiger partial charge is 0.327 e. The molecule has 33 heavy (non-hydrogen) atoms. The van der Waals surface area contributed by atoms with E-state index in [2.05, 4.69) is 25.0 Å². The number of imidazole rings is 1. The van der Waals surface area contributed by atoms with Gasteiger partial charge in [0.2, 0.25) is 0 Å². The van der Waals surface area contributed by atoms with Crippen LogP contribution in [0, 0.1) is 11.2 Å². The molecule has 0 fully saturated rings. The molecule has 168 valence electrons. The molecule has 1 aromatic carbocycles. The zero-order chi connectivity index (χ0) is 23.3. The highest BCUT2D eigenvalue weighted by atomic mass is 19.1. The highest BCUT2D eigenvalue weighted by Crippen LogP contribution is 2.28. The Bertz CT molecular complexity index is 1560. The lowest BCUT2D eigenvalue weighted by atomic mass is 9.97. The van der Waals surface area contributed by atoms with E-state index in [0.717, 1.165) is 0 Å². The van der Waals surface area contributed by atoms with Gasteiger partial charge in [-0.2, -0.15) is 5.10 Å². The second-order valence-electron chi connectivity index (χ2n) is 9.18. The number of pyridine rings is 1. The van der Waals surface area contributed by atoms with Crippen LogP contribution in [0.4, 0.5) is 10.2 Å². The van der Waals surface area contributed by atoms with Gasteiger partial charge in [-0.15, -0.1) is 0 Å². The number of anilines is 1. The maximum atomic E-state index is 14.3. The fraction of sp³-hybridized carbons (Fsp3) is 0.261. The van der Waals surface area contributed by atoms with Gasteiger partial charge in [0, 0.05) is 18.3 Å². The second kappa shape index (κ2) is 7.51. The highest BCUT2D eigenvalue weighted by molar-refractivity contribution is 5.91. The summed E-state index contributed by atoms with van der Waals surface area (Å²) in [5.41, 5.74) is 8.16. The monoisotopic (exact) mass is 446 g/mol. The quantitative estimate of drug-likeness (QED) is 0.437. The van der Waals surface area contributed by atoms with E-state index < -0.39 is 0 Å². The highest BCUT2D eigenvalue weighted by Gasteiger charge is 2.22. The predicted molar refractivity (Wildman–Crippen MR) is 124 cm³/mol. The first-order valence-electron chi connectivity index (χ1n) is 10.5. The van der Waals surface area contributed by atoms with Crippen LogP contribution < -0.4 is 11.4 Å². The van der Waals surface area contributed by atoms with Crippen molar-refractivity contribution < 1.29 is 4.39 Å². The van der Waals surface area contributed by atoms with E-state index in [1.165, 1.54) is 6.07 Å². The van der Waals surface area contributed by atoms with Gasteiger partial charge in [0.25, 0.3) is 0 Å². The minimum Gasteiger partial charge on any atom is -0.382 e. The third kappa shape index (κ3) is 3.73. The molecule has 0 spiro atoms. The number of fused-ring (bicyclic) bond motifs is 2. The van der Waals surface area contributed by atoms with Gasteiger partial charge in [-0.1, -0.05) is 39.0 Å². The number of nitrogen functional groups attached to an aromatic ring is 1. The molecule has 0 aliphatic rings. The molecule has 5 aromatic rings. The topological polar surface area (TPSA) is 120 Å². The van der Waals surface area contributed by atoms with Crippen molar-refractivity contribution in [3.63, 3.8) is 0 Å². The number of nitrogens with zero attached hydrogens (tertiary/aromatic N) is 6. The molecule has 3 N–H and O–H groups in total. The lowest BCUT2D eigenvalue weighted by molar-refractivity contribution is 0.344. The van der Waals surface area contributed by atoms with Crippen molar-refractivity contribution >= 4 is 28.0 Å². The van der Waals surface area contributed by atoms with E-state index in [4.69, 9.17) is 5.73 Å². The Morgan fingerprint density at radius 3 is 2.67 bits per heavy atom. The zero-order valence-corrected chi connectivity index (χ0v) is 18.5. The van der Waals surface area contributed by atoms with Crippen LogP contribution in [0.5, 0.6) is 0 Å². The number of H-pyrrole nitrogens is 1. The maximum absolute atomic E-state index is 14.3. The molecule has 10 heteroatoms. The molecular weight excluding hydrogens is 423 g/mol. The standard InChI is InChI=1S/C23H23FN8O/c1-23(2,3)12-31-17-18(25)27-19(28-20(17)29-22(31)33)16-14-8-6-10-26-21(14)32(30-16)11-13-7-4-5-9-15(13)24/h4-10H,11-12H2,1-3H3,(H3,25,27,28,29,33). The molecule has 0 radical (unpaired) electrons. The van der Waals surface area contributed by atoms with E-state index in [9.17, 15) is 9.18 Å². The molecule has 0 aliphatic heterocycles. The predicted octanol–water partition coefficient (Wildman–Crippen LogP) is 3.35. The molecule has 4 aromatic heterocycles. The fourth-order valence-electron chi connectivity index (χ4n) is 3.90. The third-order valence-corrected chi connectivity index (χ3v) is 5.28. The van der Waals surface area contributed by atoms with Crippen LogP contribution in [0.2, 0.25) is 0 Å². The molecule has 0 bridgehead atoms. The Kier molecular flexibility index (Phi) is 4.73. The van der Waals surface area contributed by atoms with Crippen LogP contribution in [0.3, 0.4) is 0 Å². The SMILES string of the molecule is CC(C)(C)Cn1c(=O)[nH]c2nc(-c3nn(Cc4ccccc4F)c4ncccc34)nc(N)c21. The van der Waals surface area contributed by atoms with E-state index in [-0.39, 0.29) is 35.1 Å². The number of aromatic nitrogens is 7. The molecule has 0 aliphatic carbocycles. The minimum absolute atomic E-state index is 0.141. The van der Waals surface area contributed by atoms with Gasteiger partial charge in [-0.05, 0) is 23.6 Å². The Morgan fingerprint density at radius 2 is 1.91 bits per heavy atom. The summed E-state index contributed by atoms with van der Waals surface area (Å²) in [5.74, 6) is 0.117. The Labute approximate surface area is 188 Å². The third-order valence-electron chi connectivity index (χ3n) is 5.28. The lowest BCUT2D eigenvalue weighted by Gasteiger charge is -2.18. The van der Waals surface area contributed by atoms with E-state index in [1.807, 2.05) is 26.8 Å². The largest absolute Gasteiger partial charge is 0.382 e. The summed E-state index contributed by atoms with van der Waals surface area (Å²) in [6.45, 7) is 6.75. The molecule has 0 amide bonds. The van der Waals surface area contributed by atoms with Crippen molar-refractivity contribution in [1.29, 1.82) is 0 Å². The van der Waals surface area contributed by atoms with Crippen LogP contribution in [0.1, 0.15) is 26.3 Å². The summed E-state index contributed by atoms with van der Waals surface area (Å²) in [5, 5.41) is 5.34. The summed E-state index contributed by atoms with van der Waals surface area (Å²) < 4.78 is 17.4. The number of rotatable bonds is 4. The molecule has 5 rings (SSSR count). The number of benzene rings is 1. The average molecular weight is 446 g/mol. The van der Waals surface area contributed by atoms with Crippen LogP contribution in [-0.4, -0.2) is 34.3 Å². The summed E-state index contributed by atoms with van der Waals surface area (Å²) in [6.07, 6.45) is 1.65. The van der Waals surface area contributed by atoms with Crippen molar-refractivity contribution in [2.75, 3.05) is 5.73 Å². The van der Waals surface area contributed by atoms with Gasteiger partial charge in [0.05, 0.1) is 11.9 Å². The van der Waals surface area contributed by atoms with Crippen molar-refractivity contribution in [3.8, 4) is 11.5 Å². The van der Waals surface area contributed by atoms with E-state index >= 15 is 0 Å². The van der Waals surface area contributed by atoms with Gasteiger partial charge < -0.3 is 5.73 Å². The normalized spacial score (nSPS) is 12.1. The first-order valence-corrected chi connectivity index (χ1v) is 10.5. The number of hydrogen-bond acceptors (Lipinski definition) is 6. The molecule has 9 nitrogen and oxygen atoms in total. The first-order chi connectivity index (χ1) is 15.7.